The van der Waals surface area contributed by atoms with Gasteiger partial charge in [0, 0.05) is 13.1 Å². The highest BCUT2D eigenvalue weighted by Gasteiger charge is 2.44. The van der Waals surface area contributed by atoms with Crippen LogP contribution in [0.25, 0.3) is 0 Å². The molecule has 0 aliphatic carbocycles. The lowest BCUT2D eigenvalue weighted by Crippen LogP contribution is -2.36. The number of phenols is 1. The Hall–Kier alpha value is -2.91. The predicted octanol–water partition coefficient (Wildman–Crippen LogP) is 2.61. The minimum absolute atomic E-state index is 0.00456. The van der Waals surface area contributed by atoms with E-state index in [0.29, 0.717) is 29.2 Å². The number of nitrogens with zero attached hydrogens (tertiary/aromatic N) is 3. The summed E-state index contributed by atoms with van der Waals surface area (Å²) in [5.74, 6) is -1.45. The maximum atomic E-state index is 13.4. The maximum Gasteiger partial charge on any atom is 0.290 e. The van der Waals surface area contributed by atoms with Crippen LogP contribution < -0.4 is 4.74 Å². The minimum Gasteiger partial charge on any atom is -0.504 e. The fraction of sp³-hybridized carbons (Fsp3) is 0.381. The Morgan fingerprint density at radius 2 is 2.00 bits per heavy atom. The SMILES string of the molecule is COc1ccc(C2C(C(=O)c3sc(C)nc3C)=C(O)C(=O)N2CCN(C)C)cc1O. The Morgan fingerprint density at radius 3 is 2.53 bits per heavy atom. The molecule has 30 heavy (non-hydrogen) atoms. The molecule has 2 heterocycles. The monoisotopic (exact) mass is 431 g/mol. The second-order valence-corrected chi connectivity index (χ2v) is 8.58. The van der Waals surface area contributed by atoms with E-state index in [9.17, 15) is 19.8 Å². The minimum atomic E-state index is -0.830. The highest BCUT2D eigenvalue weighted by molar-refractivity contribution is 7.14. The third-order valence-corrected chi connectivity index (χ3v) is 6.04. The molecule has 1 unspecified atom stereocenters. The summed E-state index contributed by atoms with van der Waals surface area (Å²) in [6.07, 6.45) is 0. The van der Waals surface area contributed by atoms with Crippen molar-refractivity contribution in [3.63, 3.8) is 0 Å². The summed E-state index contributed by atoms with van der Waals surface area (Å²) < 4.78 is 5.10. The smallest absolute Gasteiger partial charge is 0.290 e. The van der Waals surface area contributed by atoms with Gasteiger partial charge in [-0.05, 0) is 45.6 Å². The van der Waals surface area contributed by atoms with Gasteiger partial charge in [0.05, 0.1) is 34.3 Å². The van der Waals surface area contributed by atoms with Crippen LogP contribution in [-0.2, 0) is 4.79 Å². The number of hydrogen-bond acceptors (Lipinski definition) is 8. The predicted molar refractivity (Wildman–Crippen MR) is 113 cm³/mol. The molecular weight excluding hydrogens is 406 g/mol. The summed E-state index contributed by atoms with van der Waals surface area (Å²) in [6.45, 7) is 4.36. The Morgan fingerprint density at radius 1 is 1.30 bits per heavy atom. The number of aryl methyl sites for hydroxylation is 2. The molecule has 2 aromatic rings. The number of likely N-dealkylation sites (N-methyl/N-ethyl adjacent to an activating group) is 1. The van der Waals surface area contributed by atoms with Crippen LogP contribution in [0, 0.1) is 13.8 Å². The van der Waals surface area contributed by atoms with Gasteiger partial charge in [0.15, 0.2) is 17.3 Å². The first-order valence-corrected chi connectivity index (χ1v) is 10.2. The number of aliphatic hydroxyl groups excluding tert-OH is 1. The van der Waals surface area contributed by atoms with Gasteiger partial charge < -0.3 is 24.7 Å². The van der Waals surface area contributed by atoms with Crippen molar-refractivity contribution < 1.29 is 24.5 Å². The molecule has 2 N–H and O–H groups in total. The largest absolute Gasteiger partial charge is 0.504 e. The second-order valence-electron chi connectivity index (χ2n) is 7.37. The van der Waals surface area contributed by atoms with E-state index in [-0.39, 0.29) is 17.1 Å². The van der Waals surface area contributed by atoms with E-state index in [4.69, 9.17) is 4.74 Å². The first-order chi connectivity index (χ1) is 14.1. The molecule has 1 amide bonds. The van der Waals surface area contributed by atoms with Gasteiger partial charge in [0.2, 0.25) is 5.78 Å². The molecule has 0 spiro atoms. The Labute approximate surface area is 179 Å². The third-order valence-electron chi connectivity index (χ3n) is 4.96. The number of aromatic hydroxyl groups is 1. The van der Waals surface area contributed by atoms with Crippen LogP contribution in [0.15, 0.2) is 29.5 Å². The molecule has 3 rings (SSSR count). The van der Waals surface area contributed by atoms with Crippen LogP contribution in [0.5, 0.6) is 11.5 Å². The molecule has 0 fully saturated rings. The molecule has 8 nitrogen and oxygen atoms in total. The molecule has 1 aromatic carbocycles. The number of phenolic OH excluding ortho intramolecular Hbond substituents is 1. The molecule has 1 aliphatic heterocycles. The first kappa shape index (κ1) is 21.8. The van der Waals surface area contributed by atoms with E-state index in [2.05, 4.69) is 4.98 Å². The van der Waals surface area contributed by atoms with Crippen LogP contribution in [0.2, 0.25) is 0 Å². The standard InChI is InChI=1S/C21H25N3O5S/c1-11-20(30-12(2)22-11)18(26)16-17(13-6-7-15(29-5)14(25)10-13)24(9-8-23(3)4)21(28)19(16)27/h6-7,10,17,25,27H,8-9H2,1-5H3. The summed E-state index contributed by atoms with van der Waals surface area (Å²) in [7, 11) is 5.18. The van der Waals surface area contributed by atoms with Gasteiger partial charge in [-0.15, -0.1) is 11.3 Å². The van der Waals surface area contributed by atoms with Gasteiger partial charge >= 0.3 is 0 Å². The molecule has 0 radical (unpaired) electrons. The van der Waals surface area contributed by atoms with Gasteiger partial charge in [-0.3, -0.25) is 9.59 Å². The van der Waals surface area contributed by atoms with E-state index in [1.165, 1.54) is 29.4 Å². The number of Topliss-reactive ketones (excluding diaryl/α,β-unsaturated/α-hetero) is 1. The molecule has 0 bridgehead atoms. The average molecular weight is 432 g/mol. The van der Waals surface area contributed by atoms with Crippen LogP contribution in [0.4, 0.5) is 0 Å². The second kappa shape index (κ2) is 8.45. The number of ether oxygens (including phenoxy) is 1. The number of methoxy groups -OCH3 is 1. The average Bonchev–Trinajstić information content (AvgIpc) is 3.15. The van der Waals surface area contributed by atoms with Gasteiger partial charge in [-0.2, -0.15) is 0 Å². The lowest BCUT2D eigenvalue weighted by Gasteiger charge is -2.28. The maximum absolute atomic E-state index is 13.4. The molecule has 160 valence electrons. The zero-order valence-corrected chi connectivity index (χ0v) is 18.4. The quantitative estimate of drug-likeness (QED) is 0.650. The number of thiazole rings is 1. The Kier molecular flexibility index (Phi) is 6.14. The number of carbonyl (C=O) groups excluding carboxylic acids is 2. The van der Waals surface area contributed by atoms with Crippen molar-refractivity contribution in [3.8, 4) is 11.5 Å². The van der Waals surface area contributed by atoms with E-state index < -0.39 is 23.5 Å². The fourth-order valence-corrected chi connectivity index (χ4v) is 4.39. The molecule has 1 atom stereocenters. The number of amides is 1. The van der Waals surface area contributed by atoms with E-state index >= 15 is 0 Å². The molecule has 1 aromatic heterocycles. The third kappa shape index (κ3) is 3.90. The molecule has 9 heteroatoms. The van der Waals surface area contributed by atoms with Gasteiger partial charge in [0.1, 0.15) is 0 Å². The van der Waals surface area contributed by atoms with Crippen molar-refractivity contribution in [2.24, 2.45) is 0 Å². The van der Waals surface area contributed by atoms with Gasteiger partial charge in [0.25, 0.3) is 5.91 Å². The molecule has 0 saturated heterocycles. The summed E-state index contributed by atoms with van der Waals surface area (Å²) in [6, 6.07) is 3.87. The van der Waals surface area contributed by atoms with Crippen molar-refractivity contribution in [1.82, 2.24) is 14.8 Å². The number of aromatic nitrogens is 1. The van der Waals surface area contributed by atoms with Crippen LogP contribution in [-0.4, -0.2) is 71.0 Å². The number of aliphatic hydroxyl groups is 1. The van der Waals surface area contributed by atoms with E-state index in [1.807, 2.05) is 19.0 Å². The number of rotatable bonds is 7. The highest BCUT2D eigenvalue weighted by Crippen LogP contribution is 2.42. The number of ketones is 1. The summed E-state index contributed by atoms with van der Waals surface area (Å²) in [5, 5.41) is 21.7. The number of carbonyl (C=O) groups is 2. The lowest BCUT2D eigenvalue weighted by molar-refractivity contribution is -0.129. The Bertz CT molecular complexity index is 1030. The van der Waals surface area contributed by atoms with Crippen molar-refractivity contribution in [2.75, 3.05) is 34.3 Å². The summed E-state index contributed by atoms with van der Waals surface area (Å²) in [4.78, 5) is 34.3. The molecule has 1 aliphatic rings. The van der Waals surface area contributed by atoms with Crippen LogP contribution in [0.3, 0.4) is 0 Å². The number of hydrogen-bond donors (Lipinski definition) is 2. The van der Waals surface area contributed by atoms with Crippen LogP contribution in [0.1, 0.15) is 32.0 Å². The zero-order chi connectivity index (χ0) is 22.2. The van der Waals surface area contributed by atoms with Gasteiger partial charge in [-0.25, -0.2) is 4.98 Å². The first-order valence-electron chi connectivity index (χ1n) is 9.40. The van der Waals surface area contributed by atoms with E-state index in [1.54, 1.807) is 26.0 Å². The normalized spacial score (nSPS) is 16.7. The fourth-order valence-electron chi connectivity index (χ4n) is 3.51. The summed E-state index contributed by atoms with van der Waals surface area (Å²) in [5.41, 5.74) is 1.06. The van der Waals surface area contributed by atoms with Gasteiger partial charge in [-0.1, -0.05) is 6.07 Å². The Balaban J connectivity index is 2.11. The lowest BCUT2D eigenvalue weighted by atomic mass is 9.94. The molecular formula is C21H25N3O5S. The topological polar surface area (TPSA) is 103 Å². The highest BCUT2D eigenvalue weighted by atomic mass is 32.1. The molecule has 0 saturated carbocycles. The van der Waals surface area contributed by atoms with E-state index in [0.717, 1.165) is 5.01 Å². The summed E-state index contributed by atoms with van der Waals surface area (Å²) >= 11 is 1.23. The van der Waals surface area contributed by atoms with Crippen molar-refractivity contribution in [3.05, 3.63) is 50.7 Å². The zero-order valence-electron chi connectivity index (χ0n) is 17.6. The van der Waals surface area contributed by atoms with Crippen molar-refractivity contribution in [1.29, 1.82) is 0 Å². The van der Waals surface area contributed by atoms with Crippen molar-refractivity contribution in [2.45, 2.75) is 19.9 Å². The van der Waals surface area contributed by atoms with Crippen LogP contribution >= 0.6 is 11.3 Å². The van der Waals surface area contributed by atoms with Crippen molar-refractivity contribution >= 4 is 23.0 Å². The number of benzene rings is 1.